The summed E-state index contributed by atoms with van der Waals surface area (Å²) < 4.78 is 30.2. The molecule has 0 spiro atoms. The van der Waals surface area contributed by atoms with Gasteiger partial charge in [-0.1, -0.05) is 0 Å². The molecular formula is C17H24N2O5S. The van der Waals surface area contributed by atoms with Gasteiger partial charge in [0, 0.05) is 25.6 Å². The highest BCUT2D eigenvalue weighted by Gasteiger charge is 2.34. The van der Waals surface area contributed by atoms with Gasteiger partial charge in [0.25, 0.3) is 0 Å². The largest absolute Gasteiger partial charge is 0.377 e. The smallest absolute Gasteiger partial charge is 0.224 e. The predicted octanol–water partition coefficient (Wildman–Crippen LogP) is 1.45. The molecule has 0 unspecified atom stereocenters. The lowest BCUT2D eigenvalue weighted by Crippen LogP contribution is -2.55. The second-order valence-corrected chi connectivity index (χ2v) is 8.79. The van der Waals surface area contributed by atoms with Crippen molar-refractivity contribution in [3.8, 4) is 0 Å². The number of morpholine rings is 1. The molecule has 1 fully saturated rings. The summed E-state index contributed by atoms with van der Waals surface area (Å²) in [6, 6.07) is 5.93. The van der Waals surface area contributed by atoms with Gasteiger partial charge in [-0.2, -0.15) is 0 Å². The maximum atomic E-state index is 12.4. The summed E-state index contributed by atoms with van der Waals surface area (Å²) in [4.78, 5) is 25.2. The predicted molar refractivity (Wildman–Crippen MR) is 94.0 cm³/mol. The molecule has 7 nitrogen and oxygen atoms in total. The molecule has 1 N–H and O–H groups in total. The fraction of sp³-hybridized carbons (Fsp3) is 0.529. The third-order valence-electron chi connectivity index (χ3n) is 4.06. The van der Waals surface area contributed by atoms with Gasteiger partial charge in [-0.05, 0) is 38.1 Å². The average Bonchev–Trinajstić information content (AvgIpc) is 2.52. The molecule has 0 aromatic heterocycles. The molecule has 1 aliphatic heterocycles. The van der Waals surface area contributed by atoms with Crippen molar-refractivity contribution >= 4 is 27.3 Å². The first-order chi connectivity index (χ1) is 11.6. The van der Waals surface area contributed by atoms with Gasteiger partial charge in [0.05, 0.1) is 29.4 Å². The van der Waals surface area contributed by atoms with E-state index >= 15 is 0 Å². The average molecular weight is 368 g/mol. The fourth-order valence-electron chi connectivity index (χ4n) is 2.74. The summed E-state index contributed by atoms with van der Waals surface area (Å²) in [6.07, 6.45) is -0.0702. The number of hydrogen-bond donors (Lipinski definition) is 1. The lowest BCUT2D eigenvalue weighted by Gasteiger charge is -2.42. The van der Waals surface area contributed by atoms with Crippen molar-refractivity contribution in [3.63, 3.8) is 0 Å². The molecule has 8 heteroatoms. The van der Waals surface area contributed by atoms with Crippen LogP contribution in [0.25, 0.3) is 0 Å². The first kappa shape index (κ1) is 19.4. The summed E-state index contributed by atoms with van der Waals surface area (Å²) in [5.41, 5.74) is 0.0941. The molecular weight excluding hydrogens is 344 g/mol. The monoisotopic (exact) mass is 368 g/mol. The third kappa shape index (κ3) is 5.02. The number of ether oxygens (including phenoxy) is 1. The van der Waals surface area contributed by atoms with Crippen molar-refractivity contribution in [2.75, 3.05) is 30.8 Å². The minimum Gasteiger partial charge on any atom is -0.377 e. The van der Waals surface area contributed by atoms with E-state index in [0.29, 0.717) is 25.4 Å². The molecule has 1 heterocycles. The van der Waals surface area contributed by atoms with Crippen LogP contribution in [0.15, 0.2) is 29.2 Å². The molecule has 0 radical (unpaired) electrons. The van der Waals surface area contributed by atoms with E-state index in [4.69, 9.17) is 4.74 Å². The number of carbonyl (C=O) groups is 2. The highest BCUT2D eigenvalue weighted by Crippen LogP contribution is 2.21. The lowest BCUT2D eigenvalue weighted by molar-refractivity contribution is -0.145. The van der Waals surface area contributed by atoms with Crippen molar-refractivity contribution < 1.29 is 22.7 Å². The molecule has 0 saturated carbocycles. The minimum absolute atomic E-state index is 0.0702. The zero-order valence-electron chi connectivity index (χ0n) is 14.7. The first-order valence-corrected chi connectivity index (χ1v) is 9.76. The van der Waals surface area contributed by atoms with Crippen LogP contribution in [0.3, 0.4) is 0 Å². The molecule has 1 aromatic carbocycles. The normalized spacial score (nSPS) is 17.2. The van der Waals surface area contributed by atoms with Gasteiger partial charge in [0.1, 0.15) is 0 Å². The van der Waals surface area contributed by atoms with Gasteiger partial charge in [0.15, 0.2) is 9.84 Å². The van der Waals surface area contributed by atoms with E-state index in [-0.39, 0.29) is 28.9 Å². The van der Waals surface area contributed by atoms with Crippen LogP contribution in [-0.4, -0.2) is 56.2 Å². The molecule has 1 aromatic rings. The van der Waals surface area contributed by atoms with Gasteiger partial charge in [-0.25, -0.2) is 8.42 Å². The number of carbonyl (C=O) groups excluding carboxylic acids is 2. The van der Waals surface area contributed by atoms with Gasteiger partial charge >= 0.3 is 0 Å². The van der Waals surface area contributed by atoms with Crippen molar-refractivity contribution in [2.24, 2.45) is 0 Å². The number of nitrogens with zero attached hydrogens (tertiary/aromatic N) is 1. The molecule has 0 aliphatic carbocycles. The van der Waals surface area contributed by atoms with Gasteiger partial charge < -0.3 is 15.0 Å². The number of amides is 2. The van der Waals surface area contributed by atoms with Crippen LogP contribution >= 0.6 is 0 Å². The Labute approximate surface area is 148 Å². The number of anilines is 1. The van der Waals surface area contributed by atoms with E-state index in [0.717, 1.165) is 0 Å². The van der Waals surface area contributed by atoms with Crippen LogP contribution in [0.1, 0.15) is 27.2 Å². The van der Waals surface area contributed by atoms with Crippen molar-refractivity contribution in [1.29, 1.82) is 0 Å². The fourth-order valence-corrected chi connectivity index (χ4v) is 3.97. The summed E-state index contributed by atoms with van der Waals surface area (Å²) >= 11 is 0. The summed E-state index contributed by atoms with van der Waals surface area (Å²) in [5.74, 6) is -0.667. The zero-order chi connectivity index (χ0) is 18.7. The second kappa shape index (κ2) is 7.53. The van der Waals surface area contributed by atoms with Crippen molar-refractivity contribution in [3.05, 3.63) is 24.3 Å². The molecule has 2 rings (SSSR count). The van der Waals surface area contributed by atoms with Crippen LogP contribution in [0.2, 0.25) is 0 Å². The summed E-state index contributed by atoms with van der Waals surface area (Å²) in [7, 11) is -3.57. The van der Waals surface area contributed by atoms with E-state index in [1.807, 2.05) is 13.8 Å². The number of benzene rings is 1. The number of sulfone groups is 1. The van der Waals surface area contributed by atoms with E-state index in [2.05, 4.69) is 5.32 Å². The molecule has 0 bridgehead atoms. The van der Waals surface area contributed by atoms with Gasteiger partial charge in [-0.3, -0.25) is 9.59 Å². The van der Waals surface area contributed by atoms with Gasteiger partial charge in [-0.15, -0.1) is 0 Å². The van der Waals surface area contributed by atoms with E-state index in [9.17, 15) is 18.0 Å². The Hall–Kier alpha value is -1.93. The van der Waals surface area contributed by atoms with Crippen LogP contribution in [0.5, 0.6) is 0 Å². The zero-order valence-corrected chi connectivity index (χ0v) is 15.6. The molecule has 2 amide bonds. The van der Waals surface area contributed by atoms with E-state index in [1.165, 1.54) is 31.2 Å². The standard InChI is InChI=1S/C17H24N2O5S/c1-13(20)18-14-4-6-15(7-5-14)25(22,23)11-8-16(21)19-9-10-24-12-17(19,2)3/h4-7H,8-12H2,1-3H3,(H,18,20). The Kier molecular flexibility index (Phi) is 5.84. The van der Waals surface area contributed by atoms with E-state index < -0.39 is 15.4 Å². The van der Waals surface area contributed by atoms with Crippen LogP contribution < -0.4 is 5.32 Å². The SMILES string of the molecule is CC(=O)Nc1ccc(S(=O)(=O)CCC(=O)N2CCOCC2(C)C)cc1. The van der Waals surface area contributed by atoms with Crippen LogP contribution in [-0.2, 0) is 24.2 Å². The molecule has 138 valence electrons. The topological polar surface area (TPSA) is 92.8 Å². The Balaban J connectivity index is 2.01. The Morgan fingerprint density at radius 1 is 1.24 bits per heavy atom. The maximum Gasteiger partial charge on any atom is 0.224 e. The highest BCUT2D eigenvalue weighted by molar-refractivity contribution is 7.91. The molecule has 0 atom stereocenters. The lowest BCUT2D eigenvalue weighted by atomic mass is 10.0. The quantitative estimate of drug-likeness (QED) is 0.849. The maximum absolute atomic E-state index is 12.4. The van der Waals surface area contributed by atoms with Crippen molar-refractivity contribution in [2.45, 2.75) is 37.6 Å². The van der Waals surface area contributed by atoms with Crippen LogP contribution in [0.4, 0.5) is 5.69 Å². The summed E-state index contributed by atoms with van der Waals surface area (Å²) in [5, 5.41) is 2.58. The molecule has 1 aliphatic rings. The minimum atomic E-state index is -3.57. The number of rotatable bonds is 5. The van der Waals surface area contributed by atoms with E-state index in [1.54, 1.807) is 4.90 Å². The molecule has 25 heavy (non-hydrogen) atoms. The van der Waals surface area contributed by atoms with Crippen LogP contribution in [0, 0.1) is 0 Å². The Bertz CT molecular complexity index is 741. The summed E-state index contributed by atoms with van der Waals surface area (Å²) in [6.45, 7) is 6.56. The molecule has 1 saturated heterocycles. The second-order valence-electron chi connectivity index (χ2n) is 6.68. The van der Waals surface area contributed by atoms with Gasteiger partial charge in [0.2, 0.25) is 11.8 Å². The number of nitrogens with one attached hydrogen (secondary N) is 1. The first-order valence-electron chi connectivity index (χ1n) is 8.10. The highest BCUT2D eigenvalue weighted by atomic mass is 32.2. The Morgan fingerprint density at radius 3 is 2.44 bits per heavy atom. The Morgan fingerprint density at radius 2 is 1.88 bits per heavy atom. The number of hydrogen-bond acceptors (Lipinski definition) is 5. The van der Waals surface area contributed by atoms with Crippen molar-refractivity contribution in [1.82, 2.24) is 4.90 Å². The third-order valence-corrected chi connectivity index (χ3v) is 5.80.